The van der Waals surface area contributed by atoms with Gasteiger partial charge >= 0.3 is 0 Å². The van der Waals surface area contributed by atoms with Gasteiger partial charge in [-0.25, -0.2) is 0 Å². The standard InChI is InChI=1S/C13H23N5O3/c1-14-12(10-18(19)20)15-7-8-17(4)13-6-5-11(21-13)9-16(2)3/h5-6,10,14-15H,7-9H2,1-4H3. The van der Waals surface area contributed by atoms with Crippen LogP contribution in [0.2, 0.25) is 0 Å². The van der Waals surface area contributed by atoms with Crippen molar-refractivity contribution in [3.8, 4) is 0 Å². The quantitative estimate of drug-likeness (QED) is 0.511. The summed E-state index contributed by atoms with van der Waals surface area (Å²) < 4.78 is 5.72. The van der Waals surface area contributed by atoms with Crippen molar-refractivity contribution >= 4 is 5.88 Å². The highest BCUT2D eigenvalue weighted by Gasteiger charge is 2.08. The Bertz CT molecular complexity index is 484. The van der Waals surface area contributed by atoms with Gasteiger partial charge in [-0.3, -0.25) is 10.1 Å². The smallest absolute Gasteiger partial charge is 0.274 e. The van der Waals surface area contributed by atoms with Gasteiger partial charge in [0.25, 0.3) is 6.20 Å². The van der Waals surface area contributed by atoms with E-state index in [0.29, 0.717) is 18.9 Å². The lowest BCUT2D eigenvalue weighted by molar-refractivity contribution is -0.404. The molecule has 0 aliphatic carbocycles. The minimum atomic E-state index is -0.497. The summed E-state index contributed by atoms with van der Waals surface area (Å²) in [4.78, 5) is 13.9. The fourth-order valence-corrected chi connectivity index (χ4v) is 1.74. The molecule has 2 N–H and O–H groups in total. The molecule has 0 atom stereocenters. The zero-order chi connectivity index (χ0) is 15.8. The maximum atomic E-state index is 10.4. The molecule has 0 fully saturated rings. The number of hydrogen-bond acceptors (Lipinski definition) is 7. The SMILES string of the molecule is CNC(=C[N+](=O)[O-])NCCN(C)c1ccc(CN(C)C)o1. The van der Waals surface area contributed by atoms with Crippen LogP contribution in [-0.4, -0.2) is 51.1 Å². The third-order valence-electron chi connectivity index (χ3n) is 2.76. The molecule has 0 amide bonds. The number of nitrogens with zero attached hydrogens (tertiary/aromatic N) is 3. The molecule has 118 valence electrons. The molecule has 0 aliphatic rings. The van der Waals surface area contributed by atoms with Crippen molar-refractivity contribution in [2.45, 2.75) is 6.54 Å². The Kier molecular flexibility index (Phi) is 6.54. The Morgan fingerprint density at radius 3 is 2.71 bits per heavy atom. The van der Waals surface area contributed by atoms with E-state index in [0.717, 1.165) is 24.4 Å². The minimum Gasteiger partial charge on any atom is -0.444 e. The second-order valence-corrected chi connectivity index (χ2v) is 4.90. The van der Waals surface area contributed by atoms with Crippen LogP contribution < -0.4 is 15.5 Å². The number of anilines is 1. The Hall–Kier alpha value is -2.22. The highest BCUT2D eigenvalue weighted by Crippen LogP contribution is 2.17. The van der Waals surface area contributed by atoms with Gasteiger partial charge in [-0.2, -0.15) is 0 Å². The van der Waals surface area contributed by atoms with Gasteiger partial charge < -0.3 is 24.9 Å². The van der Waals surface area contributed by atoms with Crippen LogP contribution in [0.5, 0.6) is 0 Å². The molecule has 1 aromatic heterocycles. The molecule has 21 heavy (non-hydrogen) atoms. The van der Waals surface area contributed by atoms with E-state index in [1.165, 1.54) is 0 Å². The Morgan fingerprint density at radius 1 is 1.43 bits per heavy atom. The summed E-state index contributed by atoms with van der Waals surface area (Å²) in [6.07, 6.45) is 0.905. The van der Waals surface area contributed by atoms with E-state index in [9.17, 15) is 10.1 Å². The van der Waals surface area contributed by atoms with E-state index < -0.39 is 4.92 Å². The zero-order valence-electron chi connectivity index (χ0n) is 12.9. The summed E-state index contributed by atoms with van der Waals surface area (Å²) in [6, 6.07) is 3.87. The predicted octanol–water partition coefficient (Wildman–Crippen LogP) is 0.662. The van der Waals surface area contributed by atoms with Gasteiger partial charge in [-0.15, -0.1) is 0 Å². The fraction of sp³-hybridized carbons (Fsp3) is 0.538. The molecule has 0 aromatic carbocycles. The molecule has 0 aliphatic heterocycles. The molecule has 0 unspecified atom stereocenters. The third-order valence-corrected chi connectivity index (χ3v) is 2.76. The van der Waals surface area contributed by atoms with E-state index in [1.54, 1.807) is 7.05 Å². The first kappa shape index (κ1) is 16.8. The topological polar surface area (TPSA) is 86.8 Å². The molecule has 8 heteroatoms. The molecule has 0 bridgehead atoms. The van der Waals surface area contributed by atoms with Gasteiger partial charge in [0.15, 0.2) is 11.7 Å². The van der Waals surface area contributed by atoms with E-state index in [1.807, 2.05) is 43.1 Å². The molecular formula is C13H23N5O3. The predicted molar refractivity (Wildman–Crippen MR) is 81.5 cm³/mol. The summed E-state index contributed by atoms with van der Waals surface area (Å²) in [7, 11) is 7.51. The number of nitrogens with one attached hydrogen (secondary N) is 2. The van der Waals surface area contributed by atoms with E-state index in [4.69, 9.17) is 4.42 Å². The van der Waals surface area contributed by atoms with Crippen LogP contribution in [-0.2, 0) is 6.54 Å². The van der Waals surface area contributed by atoms with Crippen molar-refractivity contribution in [2.24, 2.45) is 0 Å². The highest BCUT2D eigenvalue weighted by molar-refractivity contribution is 5.35. The maximum absolute atomic E-state index is 10.4. The van der Waals surface area contributed by atoms with Crippen molar-refractivity contribution in [3.05, 3.63) is 40.0 Å². The zero-order valence-corrected chi connectivity index (χ0v) is 12.9. The van der Waals surface area contributed by atoms with Crippen molar-refractivity contribution in [2.75, 3.05) is 46.2 Å². The maximum Gasteiger partial charge on any atom is 0.274 e. The fourth-order valence-electron chi connectivity index (χ4n) is 1.74. The molecule has 0 saturated carbocycles. The van der Waals surface area contributed by atoms with Crippen LogP contribution in [0.25, 0.3) is 0 Å². The van der Waals surface area contributed by atoms with E-state index >= 15 is 0 Å². The Morgan fingerprint density at radius 2 is 2.14 bits per heavy atom. The van der Waals surface area contributed by atoms with Crippen LogP contribution in [0.4, 0.5) is 5.88 Å². The number of furan rings is 1. The lowest BCUT2D eigenvalue weighted by Gasteiger charge is -2.17. The lowest BCUT2D eigenvalue weighted by Crippen LogP contribution is -2.32. The van der Waals surface area contributed by atoms with Crippen molar-refractivity contribution < 1.29 is 9.34 Å². The average Bonchev–Trinajstić information content (AvgIpc) is 2.84. The lowest BCUT2D eigenvalue weighted by atomic mass is 10.4. The monoisotopic (exact) mass is 297 g/mol. The van der Waals surface area contributed by atoms with Gasteiger partial charge in [0.2, 0.25) is 0 Å². The van der Waals surface area contributed by atoms with Crippen LogP contribution in [0, 0.1) is 10.1 Å². The average molecular weight is 297 g/mol. The highest BCUT2D eigenvalue weighted by atomic mass is 16.6. The summed E-state index contributed by atoms with van der Waals surface area (Å²) in [5.74, 6) is 2.05. The van der Waals surface area contributed by atoms with Crippen molar-refractivity contribution in [1.29, 1.82) is 0 Å². The molecular weight excluding hydrogens is 274 g/mol. The number of likely N-dealkylation sites (N-methyl/N-ethyl adjacent to an activating group) is 1. The number of rotatable bonds is 9. The minimum absolute atomic E-state index is 0.376. The second kappa shape index (κ2) is 8.15. The summed E-state index contributed by atoms with van der Waals surface area (Å²) in [5, 5.41) is 16.1. The normalized spacial score (nSPS) is 11.6. The van der Waals surface area contributed by atoms with E-state index in [-0.39, 0.29) is 0 Å². The number of hydrogen-bond donors (Lipinski definition) is 2. The summed E-state index contributed by atoms with van der Waals surface area (Å²) >= 11 is 0. The van der Waals surface area contributed by atoms with Crippen LogP contribution >= 0.6 is 0 Å². The van der Waals surface area contributed by atoms with Crippen LogP contribution in [0.1, 0.15) is 5.76 Å². The number of nitro groups is 1. The summed E-state index contributed by atoms with van der Waals surface area (Å²) in [5.41, 5.74) is 0. The van der Waals surface area contributed by atoms with Gasteiger partial charge in [0.1, 0.15) is 5.76 Å². The first-order valence-corrected chi connectivity index (χ1v) is 6.64. The molecule has 1 rings (SSSR count). The van der Waals surface area contributed by atoms with Gasteiger partial charge in [-0.1, -0.05) is 0 Å². The molecule has 1 heterocycles. The molecule has 8 nitrogen and oxygen atoms in total. The largest absolute Gasteiger partial charge is 0.444 e. The van der Waals surface area contributed by atoms with Crippen LogP contribution in [0.15, 0.2) is 28.6 Å². The van der Waals surface area contributed by atoms with Gasteiger partial charge in [0, 0.05) is 33.3 Å². The van der Waals surface area contributed by atoms with Crippen molar-refractivity contribution in [3.63, 3.8) is 0 Å². The molecule has 0 saturated heterocycles. The first-order chi connectivity index (χ1) is 9.92. The Labute approximate surface area is 124 Å². The molecule has 1 aromatic rings. The Balaban J connectivity index is 2.44. The third kappa shape index (κ3) is 6.17. The van der Waals surface area contributed by atoms with Crippen LogP contribution in [0.3, 0.4) is 0 Å². The summed E-state index contributed by atoms with van der Waals surface area (Å²) in [6.45, 7) is 1.97. The van der Waals surface area contributed by atoms with E-state index in [2.05, 4.69) is 10.6 Å². The molecule has 0 spiro atoms. The van der Waals surface area contributed by atoms with Crippen molar-refractivity contribution in [1.82, 2.24) is 15.5 Å². The molecule has 0 radical (unpaired) electrons. The van der Waals surface area contributed by atoms with Gasteiger partial charge in [-0.05, 0) is 20.2 Å². The second-order valence-electron chi connectivity index (χ2n) is 4.90. The first-order valence-electron chi connectivity index (χ1n) is 6.64. The van der Waals surface area contributed by atoms with Gasteiger partial charge in [0.05, 0.1) is 11.5 Å².